The number of aliphatic hydroxyl groups excluding tert-OH is 1. The zero-order valence-corrected chi connectivity index (χ0v) is 11.2. The maximum absolute atomic E-state index is 9.01. The molecule has 0 atom stereocenters. The van der Waals surface area contributed by atoms with Crippen LogP contribution < -0.4 is 11.1 Å². The van der Waals surface area contributed by atoms with Crippen molar-refractivity contribution in [1.29, 1.82) is 0 Å². The van der Waals surface area contributed by atoms with Crippen LogP contribution in [-0.4, -0.2) is 27.0 Å². The standard InChI is InChI=1S/C12H24N4O/c1-5-6-9-10(13)11(16(4)15-9)14-12(2,3)7-8-17/h14,17H,5-8,13H2,1-4H3. The molecule has 0 aliphatic heterocycles. The van der Waals surface area contributed by atoms with Crippen molar-refractivity contribution in [1.82, 2.24) is 9.78 Å². The Hall–Kier alpha value is -1.23. The number of nitrogen functional groups attached to an aromatic ring is 1. The maximum atomic E-state index is 9.01. The normalized spacial score (nSPS) is 11.8. The van der Waals surface area contributed by atoms with Crippen molar-refractivity contribution >= 4 is 11.5 Å². The molecule has 0 aliphatic carbocycles. The third-order valence-electron chi connectivity index (χ3n) is 2.84. The molecule has 98 valence electrons. The van der Waals surface area contributed by atoms with E-state index < -0.39 is 0 Å². The van der Waals surface area contributed by atoms with E-state index in [-0.39, 0.29) is 12.1 Å². The van der Waals surface area contributed by atoms with Gasteiger partial charge in [0.15, 0.2) is 0 Å². The van der Waals surface area contributed by atoms with Crippen LogP contribution in [0.25, 0.3) is 0 Å². The number of nitrogens with one attached hydrogen (secondary N) is 1. The van der Waals surface area contributed by atoms with Gasteiger partial charge >= 0.3 is 0 Å². The molecule has 0 fully saturated rings. The van der Waals surface area contributed by atoms with Crippen molar-refractivity contribution in [2.45, 2.75) is 45.6 Å². The summed E-state index contributed by atoms with van der Waals surface area (Å²) in [7, 11) is 1.88. The summed E-state index contributed by atoms with van der Waals surface area (Å²) in [4.78, 5) is 0. The Morgan fingerprint density at radius 3 is 2.65 bits per heavy atom. The maximum Gasteiger partial charge on any atom is 0.148 e. The van der Waals surface area contributed by atoms with E-state index >= 15 is 0 Å². The lowest BCUT2D eigenvalue weighted by Crippen LogP contribution is -2.33. The van der Waals surface area contributed by atoms with Gasteiger partial charge in [-0.2, -0.15) is 5.10 Å². The van der Waals surface area contributed by atoms with E-state index in [1.54, 1.807) is 4.68 Å². The molecule has 0 saturated carbocycles. The number of nitrogens with two attached hydrogens (primary N) is 1. The zero-order chi connectivity index (χ0) is 13.1. The van der Waals surface area contributed by atoms with Gasteiger partial charge in [-0.05, 0) is 26.7 Å². The monoisotopic (exact) mass is 240 g/mol. The molecule has 1 aromatic heterocycles. The lowest BCUT2D eigenvalue weighted by atomic mass is 10.0. The van der Waals surface area contributed by atoms with Crippen molar-refractivity contribution in [2.24, 2.45) is 7.05 Å². The molecule has 0 spiro atoms. The Balaban J connectivity index is 2.91. The summed E-state index contributed by atoms with van der Waals surface area (Å²) >= 11 is 0. The van der Waals surface area contributed by atoms with Crippen LogP contribution in [0.5, 0.6) is 0 Å². The van der Waals surface area contributed by atoms with Gasteiger partial charge in [0.2, 0.25) is 0 Å². The number of nitrogens with zero attached hydrogens (tertiary/aromatic N) is 2. The van der Waals surface area contributed by atoms with Crippen molar-refractivity contribution < 1.29 is 5.11 Å². The highest BCUT2D eigenvalue weighted by atomic mass is 16.3. The van der Waals surface area contributed by atoms with Crippen molar-refractivity contribution in [3.05, 3.63) is 5.69 Å². The molecule has 0 bridgehead atoms. The molecule has 1 heterocycles. The summed E-state index contributed by atoms with van der Waals surface area (Å²) in [5.41, 5.74) is 7.56. The first-order chi connectivity index (χ1) is 7.91. The Labute approximate surface area is 103 Å². The smallest absolute Gasteiger partial charge is 0.148 e. The van der Waals surface area contributed by atoms with E-state index in [0.717, 1.165) is 30.0 Å². The molecule has 5 nitrogen and oxygen atoms in total. The Bertz CT molecular complexity index is 371. The first-order valence-corrected chi connectivity index (χ1v) is 6.11. The molecular formula is C12H24N4O. The van der Waals surface area contributed by atoms with E-state index in [1.807, 2.05) is 20.9 Å². The molecule has 17 heavy (non-hydrogen) atoms. The minimum Gasteiger partial charge on any atom is -0.396 e. The minimum atomic E-state index is -0.194. The Morgan fingerprint density at radius 1 is 1.47 bits per heavy atom. The van der Waals surface area contributed by atoms with Gasteiger partial charge in [-0.15, -0.1) is 0 Å². The predicted octanol–water partition coefficient (Wildman–Crippen LogP) is 1.53. The number of aromatic nitrogens is 2. The Kier molecular flexibility index (Phi) is 4.40. The lowest BCUT2D eigenvalue weighted by molar-refractivity contribution is 0.260. The van der Waals surface area contributed by atoms with Gasteiger partial charge in [0, 0.05) is 19.2 Å². The summed E-state index contributed by atoms with van der Waals surface area (Å²) in [5.74, 6) is 0.840. The number of rotatable bonds is 6. The van der Waals surface area contributed by atoms with Crippen LogP contribution in [-0.2, 0) is 13.5 Å². The van der Waals surface area contributed by atoms with Crippen LogP contribution in [0.2, 0.25) is 0 Å². The van der Waals surface area contributed by atoms with Crippen LogP contribution >= 0.6 is 0 Å². The first kappa shape index (κ1) is 13.8. The quantitative estimate of drug-likeness (QED) is 0.705. The first-order valence-electron chi connectivity index (χ1n) is 6.11. The van der Waals surface area contributed by atoms with Gasteiger partial charge in [0.25, 0.3) is 0 Å². The third kappa shape index (κ3) is 3.36. The molecule has 0 amide bonds. The molecule has 0 aromatic carbocycles. The largest absolute Gasteiger partial charge is 0.396 e. The molecule has 0 saturated heterocycles. The highest BCUT2D eigenvalue weighted by Gasteiger charge is 2.21. The summed E-state index contributed by atoms with van der Waals surface area (Å²) in [6.45, 7) is 6.33. The summed E-state index contributed by atoms with van der Waals surface area (Å²) in [6.07, 6.45) is 2.59. The van der Waals surface area contributed by atoms with Crippen LogP contribution in [0, 0.1) is 0 Å². The number of hydrogen-bond donors (Lipinski definition) is 3. The van der Waals surface area contributed by atoms with E-state index in [4.69, 9.17) is 10.8 Å². The van der Waals surface area contributed by atoms with Crippen LogP contribution in [0.1, 0.15) is 39.3 Å². The average molecular weight is 240 g/mol. The molecule has 1 rings (SSSR count). The molecule has 5 heteroatoms. The van der Waals surface area contributed by atoms with E-state index in [1.165, 1.54) is 0 Å². The molecule has 0 aliphatic rings. The third-order valence-corrected chi connectivity index (χ3v) is 2.84. The number of aliphatic hydroxyl groups is 1. The van der Waals surface area contributed by atoms with Gasteiger partial charge in [-0.1, -0.05) is 13.3 Å². The van der Waals surface area contributed by atoms with Crippen molar-refractivity contribution in [3.63, 3.8) is 0 Å². The second-order valence-corrected chi connectivity index (χ2v) is 5.07. The van der Waals surface area contributed by atoms with E-state index in [9.17, 15) is 0 Å². The fourth-order valence-electron chi connectivity index (χ4n) is 1.83. The molecule has 1 aromatic rings. The van der Waals surface area contributed by atoms with Gasteiger partial charge < -0.3 is 16.2 Å². The number of aryl methyl sites for hydroxylation is 2. The fourth-order valence-corrected chi connectivity index (χ4v) is 1.83. The lowest BCUT2D eigenvalue weighted by Gasteiger charge is -2.26. The number of anilines is 2. The van der Waals surface area contributed by atoms with E-state index in [2.05, 4.69) is 17.3 Å². The molecule has 0 radical (unpaired) electrons. The van der Waals surface area contributed by atoms with Crippen molar-refractivity contribution in [2.75, 3.05) is 17.7 Å². The molecular weight excluding hydrogens is 216 g/mol. The summed E-state index contributed by atoms with van der Waals surface area (Å²) in [5, 5.41) is 16.8. The zero-order valence-electron chi connectivity index (χ0n) is 11.2. The van der Waals surface area contributed by atoms with Crippen LogP contribution in [0.4, 0.5) is 11.5 Å². The second kappa shape index (κ2) is 5.40. The summed E-state index contributed by atoms with van der Waals surface area (Å²) < 4.78 is 1.78. The number of hydrogen-bond acceptors (Lipinski definition) is 4. The predicted molar refractivity (Wildman–Crippen MR) is 71.0 cm³/mol. The molecule has 4 N–H and O–H groups in total. The minimum absolute atomic E-state index is 0.152. The SMILES string of the molecule is CCCc1nn(C)c(NC(C)(C)CCO)c1N. The van der Waals surface area contributed by atoms with E-state index in [0.29, 0.717) is 6.42 Å². The average Bonchev–Trinajstić information content (AvgIpc) is 2.46. The van der Waals surface area contributed by atoms with Gasteiger partial charge in [0.1, 0.15) is 5.82 Å². The fraction of sp³-hybridized carbons (Fsp3) is 0.750. The highest BCUT2D eigenvalue weighted by Crippen LogP contribution is 2.27. The summed E-state index contributed by atoms with van der Waals surface area (Å²) in [6, 6.07) is 0. The molecule has 0 unspecified atom stereocenters. The van der Waals surface area contributed by atoms with Gasteiger partial charge in [-0.25, -0.2) is 0 Å². The van der Waals surface area contributed by atoms with Crippen LogP contribution in [0.15, 0.2) is 0 Å². The topological polar surface area (TPSA) is 76.1 Å². The van der Waals surface area contributed by atoms with Crippen LogP contribution in [0.3, 0.4) is 0 Å². The van der Waals surface area contributed by atoms with Gasteiger partial charge in [0.05, 0.1) is 11.4 Å². The highest BCUT2D eigenvalue weighted by molar-refractivity contribution is 5.65. The van der Waals surface area contributed by atoms with Gasteiger partial charge in [-0.3, -0.25) is 4.68 Å². The van der Waals surface area contributed by atoms with Crippen molar-refractivity contribution in [3.8, 4) is 0 Å². The second-order valence-electron chi connectivity index (χ2n) is 5.07. The Morgan fingerprint density at radius 2 is 2.12 bits per heavy atom.